The first-order chi connectivity index (χ1) is 24.8. The van der Waals surface area contributed by atoms with Gasteiger partial charge in [-0.1, -0.05) is 146 Å². The molecule has 0 saturated carbocycles. The van der Waals surface area contributed by atoms with Crippen LogP contribution in [0.1, 0.15) is 11.5 Å². The van der Waals surface area contributed by atoms with E-state index in [9.17, 15) is 0 Å². The zero-order valence-corrected chi connectivity index (χ0v) is 27.5. The Morgan fingerprint density at radius 1 is 0.380 bits per heavy atom. The van der Waals surface area contributed by atoms with Gasteiger partial charge in [-0.05, 0) is 87.5 Å². The van der Waals surface area contributed by atoms with Crippen LogP contribution in [0.3, 0.4) is 0 Å². The average molecular weight is 639 g/mol. The summed E-state index contributed by atoms with van der Waals surface area (Å²) in [6, 6.07) is 62.3. The molecule has 2 nitrogen and oxygen atoms in total. The third kappa shape index (κ3) is 4.64. The molecule has 0 fully saturated rings. The molecular formula is C48H34N2. The Morgan fingerprint density at radius 3 is 1.80 bits per heavy atom. The highest BCUT2D eigenvalue weighted by molar-refractivity contribution is 6.10. The van der Waals surface area contributed by atoms with Crippen LogP contribution in [-0.4, -0.2) is 10.6 Å². The lowest BCUT2D eigenvalue weighted by molar-refractivity contribution is 0.745. The maximum absolute atomic E-state index is 2.54. The van der Waals surface area contributed by atoms with Gasteiger partial charge < -0.3 is 9.47 Å². The van der Waals surface area contributed by atoms with Gasteiger partial charge in [-0.3, -0.25) is 0 Å². The van der Waals surface area contributed by atoms with Gasteiger partial charge in [-0.25, -0.2) is 0 Å². The highest BCUT2D eigenvalue weighted by atomic mass is 15.2. The van der Waals surface area contributed by atoms with Crippen molar-refractivity contribution in [2.45, 2.75) is 12.0 Å². The Morgan fingerprint density at radius 2 is 0.980 bits per heavy atom. The van der Waals surface area contributed by atoms with Gasteiger partial charge in [0, 0.05) is 33.8 Å². The van der Waals surface area contributed by atoms with E-state index in [2.05, 4.69) is 204 Å². The molecule has 8 aromatic rings. The highest BCUT2D eigenvalue weighted by Gasteiger charge is 2.37. The fourth-order valence-corrected chi connectivity index (χ4v) is 8.15. The molecule has 2 unspecified atom stereocenters. The van der Waals surface area contributed by atoms with E-state index in [4.69, 9.17) is 0 Å². The van der Waals surface area contributed by atoms with Crippen molar-refractivity contribution in [3.05, 3.63) is 200 Å². The van der Waals surface area contributed by atoms with Crippen LogP contribution in [0.15, 0.2) is 194 Å². The van der Waals surface area contributed by atoms with Gasteiger partial charge in [0.1, 0.15) is 0 Å². The number of para-hydroxylation sites is 1. The van der Waals surface area contributed by atoms with Gasteiger partial charge in [0.15, 0.2) is 0 Å². The maximum Gasteiger partial charge on any atom is 0.0629 e. The molecule has 7 aromatic carbocycles. The summed E-state index contributed by atoms with van der Waals surface area (Å²) < 4.78 is 2.40. The first-order valence-electron chi connectivity index (χ1n) is 17.4. The first kappa shape index (κ1) is 28.6. The molecule has 2 heterocycles. The largest absolute Gasteiger partial charge is 0.333 e. The molecule has 0 radical (unpaired) electrons. The van der Waals surface area contributed by atoms with Crippen molar-refractivity contribution in [1.29, 1.82) is 0 Å². The van der Waals surface area contributed by atoms with E-state index in [1.54, 1.807) is 0 Å². The summed E-state index contributed by atoms with van der Waals surface area (Å²) >= 11 is 0. The number of aromatic nitrogens is 1. The summed E-state index contributed by atoms with van der Waals surface area (Å²) in [4.78, 5) is 2.54. The van der Waals surface area contributed by atoms with Crippen LogP contribution in [0, 0.1) is 0 Å². The Bertz CT molecular complexity index is 2590. The number of allylic oxidation sites excluding steroid dienone is 2. The number of anilines is 2. The molecule has 1 aliphatic heterocycles. The van der Waals surface area contributed by atoms with Crippen LogP contribution in [0.4, 0.5) is 11.4 Å². The van der Waals surface area contributed by atoms with Gasteiger partial charge in [0.2, 0.25) is 0 Å². The summed E-state index contributed by atoms with van der Waals surface area (Å²) in [5.74, 6) is 0.318. The normalized spacial score (nSPS) is 16.2. The minimum absolute atomic E-state index is 0.241. The fraction of sp³-hybridized carbons (Fsp3) is 0.0417. The summed E-state index contributed by atoms with van der Waals surface area (Å²) in [6.07, 6.45) is 9.10. The van der Waals surface area contributed by atoms with Crippen LogP contribution < -0.4 is 4.90 Å². The van der Waals surface area contributed by atoms with E-state index >= 15 is 0 Å². The number of nitrogens with zero attached hydrogens (tertiary/aromatic N) is 2. The number of fused-ring (bicyclic) bond motifs is 6. The minimum atomic E-state index is 0.241. The Labute approximate surface area is 292 Å². The van der Waals surface area contributed by atoms with E-state index in [-0.39, 0.29) is 6.04 Å². The molecular weight excluding hydrogens is 605 g/mol. The predicted octanol–water partition coefficient (Wildman–Crippen LogP) is 12.5. The highest BCUT2D eigenvalue weighted by Crippen LogP contribution is 2.49. The van der Waals surface area contributed by atoms with Crippen LogP contribution in [0.5, 0.6) is 0 Å². The third-order valence-electron chi connectivity index (χ3n) is 10.5. The maximum atomic E-state index is 2.54. The lowest BCUT2D eigenvalue weighted by Gasteiger charge is -2.29. The van der Waals surface area contributed by atoms with Crippen LogP contribution in [0.2, 0.25) is 0 Å². The number of benzene rings is 7. The lowest BCUT2D eigenvalue weighted by atomic mass is 9.90. The van der Waals surface area contributed by atoms with E-state index in [1.807, 2.05) is 0 Å². The zero-order chi connectivity index (χ0) is 33.0. The quantitative estimate of drug-likeness (QED) is 0.182. The van der Waals surface area contributed by atoms with E-state index in [0.29, 0.717) is 5.92 Å². The molecule has 0 spiro atoms. The smallest absolute Gasteiger partial charge is 0.0629 e. The molecule has 2 atom stereocenters. The summed E-state index contributed by atoms with van der Waals surface area (Å²) in [5.41, 5.74) is 14.8. The minimum Gasteiger partial charge on any atom is -0.333 e. The van der Waals surface area contributed by atoms with E-state index in [1.165, 1.54) is 77.8 Å². The monoisotopic (exact) mass is 638 g/mol. The van der Waals surface area contributed by atoms with Gasteiger partial charge in [0.05, 0.1) is 17.1 Å². The molecule has 0 bridgehead atoms. The van der Waals surface area contributed by atoms with Crippen LogP contribution >= 0.6 is 0 Å². The second-order valence-electron chi connectivity index (χ2n) is 13.3. The molecule has 0 amide bonds. The summed E-state index contributed by atoms with van der Waals surface area (Å²) in [6.45, 7) is 0. The van der Waals surface area contributed by atoms with Crippen molar-refractivity contribution in [1.82, 2.24) is 4.57 Å². The molecule has 2 aliphatic rings. The number of hydrogen-bond acceptors (Lipinski definition) is 1. The van der Waals surface area contributed by atoms with Gasteiger partial charge in [-0.15, -0.1) is 0 Å². The molecule has 10 rings (SSSR count). The second kappa shape index (κ2) is 11.6. The molecule has 1 aliphatic carbocycles. The lowest BCUT2D eigenvalue weighted by Crippen LogP contribution is -2.28. The first-order valence-corrected chi connectivity index (χ1v) is 17.4. The molecule has 236 valence electrons. The van der Waals surface area contributed by atoms with Gasteiger partial charge in [0.25, 0.3) is 0 Å². The van der Waals surface area contributed by atoms with Crippen molar-refractivity contribution in [2.75, 3.05) is 4.90 Å². The predicted molar refractivity (Wildman–Crippen MR) is 210 cm³/mol. The fourth-order valence-electron chi connectivity index (χ4n) is 8.15. The van der Waals surface area contributed by atoms with Crippen molar-refractivity contribution in [3.63, 3.8) is 0 Å². The van der Waals surface area contributed by atoms with Crippen LogP contribution in [-0.2, 0) is 0 Å². The van der Waals surface area contributed by atoms with E-state index in [0.717, 1.165) is 0 Å². The van der Waals surface area contributed by atoms with Crippen molar-refractivity contribution < 1.29 is 0 Å². The molecule has 1 aromatic heterocycles. The number of rotatable bonds is 5. The Hall–Kier alpha value is -6.38. The van der Waals surface area contributed by atoms with Crippen molar-refractivity contribution in [3.8, 4) is 39.1 Å². The standard InChI is InChI=1S/C48H34N2/c1-3-12-33(13-4-1)35-22-26-39(27-23-35)49-46-21-10-8-19-42(46)44-31-37(25-29-47(44)49)38-24-28-43-41-18-7-9-20-45(41)50(48(43)32-38)40-17-11-16-36(30-40)34-14-5-2-6-15-34/h1-32,41,45H. The van der Waals surface area contributed by atoms with Gasteiger partial charge >= 0.3 is 0 Å². The van der Waals surface area contributed by atoms with Crippen molar-refractivity contribution in [2.24, 2.45) is 0 Å². The third-order valence-corrected chi connectivity index (χ3v) is 10.5. The second-order valence-corrected chi connectivity index (χ2v) is 13.3. The number of hydrogen-bond donors (Lipinski definition) is 0. The topological polar surface area (TPSA) is 8.17 Å². The molecule has 2 heteroatoms. The van der Waals surface area contributed by atoms with Crippen LogP contribution in [0.25, 0.3) is 60.9 Å². The Kier molecular flexibility index (Phi) is 6.67. The summed E-state index contributed by atoms with van der Waals surface area (Å²) in [7, 11) is 0. The zero-order valence-electron chi connectivity index (χ0n) is 27.5. The SMILES string of the molecule is C1=CC2c3ccc(-c4ccc5c(c4)c4ccccc4n5-c4ccc(-c5ccccc5)cc4)cc3N(c3cccc(-c4ccccc4)c3)C2C=C1. The van der Waals surface area contributed by atoms with E-state index < -0.39 is 0 Å². The average Bonchev–Trinajstić information content (AvgIpc) is 3.71. The van der Waals surface area contributed by atoms with Crippen molar-refractivity contribution >= 4 is 33.2 Å². The van der Waals surface area contributed by atoms with Gasteiger partial charge in [-0.2, -0.15) is 0 Å². The Balaban J connectivity index is 1.08. The molecule has 0 saturated heterocycles. The summed E-state index contributed by atoms with van der Waals surface area (Å²) in [5, 5.41) is 2.52. The molecule has 50 heavy (non-hydrogen) atoms. The molecule has 0 N–H and O–H groups in total.